The van der Waals surface area contributed by atoms with Crippen LogP contribution < -0.4 is 9.80 Å². The molecule has 0 aliphatic carbocycles. The van der Waals surface area contributed by atoms with Crippen LogP contribution in [0.4, 0.5) is 11.4 Å². The summed E-state index contributed by atoms with van der Waals surface area (Å²) in [6.45, 7) is 2.18. The molecule has 4 rings (SSSR count). The minimum absolute atomic E-state index is 0.0331. The zero-order valence-electron chi connectivity index (χ0n) is 13.1. The molecule has 0 aromatic heterocycles. The van der Waals surface area contributed by atoms with Gasteiger partial charge in [-0.15, -0.1) is 0 Å². The minimum atomic E-state index is -3.00. The van der Waals surface area contributed by atoms with Crippen molar-refractivity contribution >= 4 is 27.1 Å². The van der Waals surface area contributed by atoms with E-state index in [2.05, 4.69) is 17.0 Å². The zero-order chi connectivity index (χ0) is 16.0. The van der Waals surface area contributed by atoms with Crippen molar-refractivity contribution in [3.63, 3.8) is 0 Å². The van der Waals surface area contributed by atoms with Gasteiger partial charge in [-0.25, -0.2) is 8.42 Å². The summed E-state index contributed by atoms with van der Waals surface area (Å²) in [5, 5.41) is 0. The first-order valence-corrected chi connectivity index (χ1v) is 10.2. The Hall–Kier alpha value is -1.56. The van der Waals surface area contributed by atoms with Gasteiger partial charge in [-0.3, -0.25) is 4.79 Å². The number of carbonyl (C=O) groups excluding carboxylic acids is 1. The lowest BCUT2D eigenvalue weighted by atomic mass is 10.0. The van der Waals surface area contributed by atoms with Crippen molar-refractivity contribution in [3.8, 4) is 0 Å². The van der Waals surface area contributed by atoms with E-state index in [1.807, 2.05) is 12.1 Å². The van der Waals surface area contributed by atoms with E-state index in [0.29, 0.717) is 6.42 Å². The summed E-state index contributed by atoms with van der Waals surface area (Å²) in [5.74, 6) is 0.290. The molecule has 0 saturated carbocycles. The molecular formula is C17H22N2O3S. The van der Waals surface area contributed by atoms with Gasteiger partial charge in [0.15, 0.2) is 9.84 Å². The molecule has 3 heterocycles. The normalized spacial score (nSPS) is 29.8. The van der Waals surface area contributed by atoms with Crippen LogP contribution in [0.2, 0.25) is 0 Å². The molecule has 0 unspecified atom stereocenters. The standard InChI is InChI=1S/C17H22N2O3S/c20-17-10-13-11-23(21,22)12-16(13)19(17)15-6-4-14(5-7-15)18-8-2-1-3-9-18/h4-7,13,16H,1-3,8-12H2/t13-,16-/m0/s1. The molecule has 0 bridgehead atoms. The number of nitrogens with zero attached hydrogens (tertiary/aromatic N) is 2. The van der Waals surface area contributed by atoms with Gasteiger partial charge in [0, 0.05) is 36.8 Å². The number of hydrogen-bond acceptors (Lipinski definition) is 4. The number of piperidine rings is 1. The predicted octanol–water partition coefficient (Wildman–Crippen LogP) is 1.83. The molecule has 0 spiro atoms. The first kappa shape index (κ1) is 15.0. The van der Waals surface area contributed by atoms with Crippen LogP contribution in [0.25, 0.3) is 0 Å². The third-order valence-corrected chi connectivity index (χ3v) is 7.11. The van der Waals surface area contributed by atoms with Crippen LogP contribution in [0.1, 0.15) is 25.7 Å². The maximum Gasteiger partial charge on any atom is 0.227 e. The summed E-state index contributed by atoms with van der Waals surface area (Å²) in [6.07, 6.45) is 4.12. The molecule has 2 atom stereocenters. The Labute approximate surface area is 137 Å². The highest BCUT2D eigenvalue weighted by Crippen LogP contribution is 2.37. The number of carbonyl (C=O) groups is 1. The van der Waals surface area contributed by atoms with Crippen molar-refractivity contribution in [2.24, 2.45) is 5.92 Å². The van der Waals surface area contributed by atoms with Gasteiger partial charge in [-0.05, 0) is 43.5 Å². The molecule has 3 saturated heterocycles. The summed E-state index contributed by atoms with van der Waals surface area (Å²) >= 11 is 0. The lowest BCUT2D eigenvalue weighted by Gasteiger charge is -2.29. The van der Waals surface area contributed by atoms with Gasteiger partial charge >= 0.3 is 0 Å². The smallest absolute Gasteiger partial charge is 0.227 e. The molecule has 0 radical (unpaired) electrons. The molecule has 0 N–H and O–H groups in total. The monoisotopic (exact) mass is 334 g/mol. The Balaban J connectivity index is 1.56. The molecule has 124 valence electrons. The molecule has 6 heteroatoms. The van der Waals surface area contributed by atoms with Crippen molar-refractivity contribution in [2.45, 2.75) is 31.7 Å². The van der Waals surface area contributed by atoms with Gasteiger partial charge in [0.05, 0.1) is 17.5 Å². The highest BCUT2D eigenvalue weighted by atomic mass is 32.2. The van der Waals surface area contributed by atoms with Crippen molar-refractivity contribution in [2.75, 3.05) is 34.4 Å². The molecule has 1 aromatic carbocycles. The van der Waals surface area contributed by atoms with Crippen LogP contribution >= 0.6 is 0 Å². The van der Waals surface area contributed by atoms with Crippen molar-refractivity contribution in [1.29, 1.82) is 0 Å². The SMILES string of the molecule is O=C1C[C@H]2CS(=O)(=O)C[C@@H]2N1c1ccc(N2CCCCC2)cc1. The highest BCUT2D eigenvalue weighted by Gasteiger charge is 2.49. The molecular weight excluding hydrogens is 312 g/mol. The number of anilines is 2. The van der Waals surface area contributed by atoms with Gasteiger partial charge in [0.1, 0.15) is 0 Å². The summed E-state index contributed by atoms with van der Waals surface area (Å²) in [6, 6.07) is 7.88. The van der Waals surface area contributed by atoms with Gasteiger partial charge in [0.2, 0.25) is 5.91 Å². The van der Waals surface area contributed by atoms with Crippen molar-refractivity contribution in [3.05, 3.63) is 24.3 Å². The summed E-state index contributed by atoms with van der Waals surface area (Å²) in [4.78, 5) is 16.4. The second-order valence-corrected chi connectivity index (χ2v) is 9.09. The van der Waals surface area contributed by atoms with E-state index in [1.54, 1.807) is 4.90 Å². The molecule has 3 aliphatic rings. The van der Waals surface area contributed by atoms with Crippen molar-refractivity contribution in [1.82, 2.24) is 0 Å². The van der Waals surface area contributed by atoms with E-state index in [1.165, 1.54) is 24.9 Å². The van der Waals surface area contributed by atoms with Crippen molar-refractivity contribution < 1.29 is 13.2 Å². The van der Waals surface area contributed by atoms with Gasteiger partial charge < -0.3 is 9.80 Å². The van der Waals surface area contributed by atoms with Gasteiger partial charge in [0.25, 0.3) is 0 Å². The Morgan fingerprint density at radius 2 is 1.57 bits per heavy atom. The second-order valence-electron chi connectivity index (χ2n) is 6.94. The Morgan fingerprint density at radius 1 is 0.913 bits per heavy atom. The maximum absolute atomic E-state index is 12.3. The number of amides is 1. The quantitative estimate of drug-likeness (QED) is 0.828. The number of fused-ring (bicyclic) bond motifs is 1. The Kier molecular flexibility index (Phi) is 3.59. The topological polar surface area (TPSA) is 57.7 Å². The average Bonchev–Trinajstić information content (AvgIpc) is 2.98. The number of hydrogen-bond donors (Lipinski definition) is 0. The minimum Gasteiger partial charge on any atom is -0.372 e. The van der Waals surface area contributed by atoms with E-state index in [0.717, 1.165) is 18.8 Å². The lowest BCUT2D eigenvalue weighted by Crippen LogP contribution is -2.36. The highest BCUT2D eigenvalue weighted by molar-refractivity contribution is 7.91. The van der Waals surface area contributed by atoms with Crippen LogP contribution in [0, 0.1) is 5.92 Å². The second kappa shape index (κ2) is 5.51. The summed E-state index contributed by atoms with van der Waals surface area (Å²) < 4.78 is 23.7. The summed E-state index contributed by atoms with van der Waals surface area (Å²) in [7, 11) is -3.00. The average molecular weight is 334 g/mol. The Morgan fingerprint density at radius 3 is 2.26 bits per heavy atom. The number of rotatable bonds is 2. The number of sulfone groups is 1. The molecule has 1 amide bonds. The first-order valence-electron chi connectivity index (χ1n) is 8.41. The van der Waals surface area contributed by atoms with E-state index < -0.39 is 9.84 Å². The summed E-state index contributed by atoms with van der Waals surface area (Å²) in [5.41, 5.74) is 2.02. The lowest BCUT2D eigenvalue weighted by molar-refractivity contribution is -0.117. The first-order chi connectivity index (χ1) is 11.0. The Bertz CT molecular complexity index is 708. The van der Waals surface area contributed by atoms with E-state index >= 15 is 0 Å². The molecule has 3 aliphatic heterocycles. The third kappa shape index (κ3) is 2.73. The van der Waals surface area contributed by atoms with Crippen LogP contribution in [0.15, 0.2) is 24.3 Å². The van der Waals surface area contributed by atoms with Crippen LogP contribution in [0.5, 0.6) is 0 Å². The molecule has 3 fully saturated rings. The third-order valence-electron chi connectivity index (χ3n) is 5.32. The van der Waals surface area contributed by atoms with Crippen LogP contribution in [-0.2, 0) is 14.6 Å². The fraction of sp³-hybridized carbons (Fsp3) is 0.588. The fourth-order valence-electron chi connectivity index (χ4n) is 4.20. The molecule has 23 heavy (non-hydrogen) atoms. The van der Waals surface area contributed by atoms with Crippen LogP contribution in [0.3, 0.4) is 0 Å². The number of benzene rings is 1. The molecule has 5 nitrogen and oxygen atoms in total. The fourth-order valence-corrected chi connectivity index (χ4v) is 6.27. The zero-order valence-corrected chi connectivity index (χ0v) is 14.0. The van der Waals surface area contributed by atoms with Gasteiger partial charge in [-0.2, -0.15) is 0 Å². The maximum atomic E-state index is 12.3. The molecule has 1 aromatic rings. The van der Waals surface area contributed by atoms with Gasteiger partial charge in [-0.1, -0.05) is 0 Å². The van der Waals surface area contributed by atoms with E-state index in [4.69, 9.17) is 0 Å². The largest absolute Gasteiger partial charge is 0.372 e. The van der Waals surface area contributed by atoms with E-state index in [9.17, 15) is 13.2 Å². The van der Waals surface area contributed by atoms with Crippen LogP contribution in [-0.4, -0.2) is 45.0 Å². The van der Waals surface area contributed by atoms with E-state index in [-0.39, 0.29) is 29.4 Å². The predicted molar refractivity (Wildman–Crippen MR) is 90.5 cm³/mol.